The quantitative estimate of drug-likeness (QED) is 0.0491. The van der Waals surface area contributed by atoms with Gasteiger partial charge in [0.15, 0.2) is 5.78 Å². The summed E-state index contributed by atoms with van der Waals surface area (Å²) in [4.78, 5) is 79.0. The lowest BCUT2D eigenvalue weighted by atomic mass is 9.85. The maximum atomic E-state index is 14.0. The van der Waals surface area contributed by atoms with E-state index >= 15 is 0 Å². The number of benzene rings is 4. The summed E-state index contributed by atoms with van der Waals surface area (Å²) in [5, 5.41) is 9.28. The first-order chi connectivity index (χ1) is 39.3. The van der Waals surface area contributed by atoms with E-state index in [2.05, 4.69) is 101 Å². The second-order valence-electron chi connectivity index (χ2n) is 23.1. The monoisotopic (exact) mass is 1250 g/mol. The summed E-state index contributed by atoms with van der Waals surface area (Å²) >= 11 is 0. The molecule has 4 aromatic carbocycles. The number of carbonyl (C=O) groups excluding carboxylic acids is 3. The summed E-state index contributed by atoms with van der Waals surface area (Å²) in [7, 11) is 7.96. The van der Waals surface area contributed by atoms with Crippen LogP contribution in [-0.4, -0.2) is 102 Å². The van der Waals surface area contributed by atoms with Crippen molar-refractivity contribution in [2.24, 2.45) is 17.6 Å². The van der Waals surface area contributed by atoms with Gasteiger partial charge in [0.1, 0.15) is 6.04 Å². The van der Waals surface area contributed by atoms with Gasteiger partial charge in [0.25, 0.3) is 11.1 Å². The fourth-order valence-electron chi connectivity index (χ4n) is 10.3. The average Bonchev–Trinajstić information content (AvgIpc) is 2.90. The minimum Gasteiger partial charge on any atom is -0.480 e. The fraction of sp³-hybridized carbons (Fsp3) is 0.472. The number of nitrogens with two attached hydrogens (primary N) is 1. The number of aromatic nitrogens is 2. The number of carbonyl (C=O) groups is 4. The molecule has 0 saturated heterocycles. The summed E-state index contributed by atoms with van der Waals surface area (Å²) < 4.78 is 13.2. The number of hydrogen-bond acceptors (Lipinski definition) is 11. The maximum Gasteiger partial charge on any atom is 0.326 e. The maximum absolute atomic E-state index is 14.0. The van der Waals surface area contributed by atoms with Crippen LogP contribution in [0.2, 0.25) is 0 Å². The Morgan fingerprint density at radius 2 is 0.909 bits per heavy atom. The predicted octanol–water partition coefficient (Wildman–Crippen LogP) is 14.2. The zero-order valence-corrected chi connectivity index (χ0v) is 54.9. The van der Waals surface area contributed by atoms with Crippen molar-refractivity contribution in [1.82, 2.24) is 18.9 Å². The lowest BCUT2D eigenvalue weighted by Crippen LogP contribution is -2.31. The number of carboxylic acids is 1. The Hall–Kier alpha value is -6.56. The van der Waals surface area contributed by atoms with Gasteiger partial charge in [0.05, 0.1) is 32.1 Å². The summed E-state index contributed by atoms with van der Waals surface area (Å²) in [6, 6.07) is 34.0. The topological polar surface area (TPSA) is 183 Å². The van der Waals surface area contributed by atoms with Crippen LogP contribution < -0.4 is 16.9 Å². The molecule has 3 N–H and O–H groups in total. The number of Topliss-reactive ketones (excluding diaryl/α,β-unsaturated/α-hetero) is 1. The lowest BCUT2D eigenvalue weighted by Gasteiger charge is -2.24. The van der Waals surface area contributed by atoms with E-state index in [9.17, 15) is 33.9 Å². The van der Waals surface area contributed by atoms with Gasteiger partial charge in [-0.3, -0.25) is 24.0 Å². The Labute approximate surface area is 542 Å². The summed E-state index contributed by atoms with van der Waals surface area (Å²) in [5.41, 5.74) is 18.9. The number of aryl methyl sites for hydroxylation is 4. The smallest absolute Gasteiger partial charge is 0.326 e. The largest absolute Gasteiger partial charge is 0.480 e. The molecule has 2 aromatic heterocycles. The van der Waals surface area contributed by atoms with Gasteiger partial charge in [-0.25, -0.2) is 4.79 Å². The van der Waals surface area contributed by atoms with Gasteiger partial charge < -0.3 is 39.2 Å². The highest BCUT2D eigenvalue weighted by atomic mass is 32.1. The van der Waals surface area contributed by atoms with Crippen LogP contribution in [0.25, 0.3) is 22.3 Å². The van der Waals surface area contributed by atoms with Crippen LogP contribution in [0.4, 0.5) is 0 Å². The van der Waals surface area contributed by atoms with Crippen molar-refractivity contribution in [3.8, 4) is 22.3 Å². The van der Waals surface area contributed by atoms with Crippen LogP contribution in [0, 0.1) is 39.5 Å². The minimum atomic E-state index is -0.957. The molecule has 0 amide bonds. The first kappa shape index (κ1) is 83.5. The Balaban J connectivity index is 0. The highest BCUT2D eigenvalue weighted by molar-refractivity contribution is 7.59. The highest BCUT2D eigenvalue weighted by Gasteiger charge is 2.29. The van der Waals surface area contributed by atoms with Crippen molar-refractivity contribution >= 4 is 50.7 Å². The van der Waals surface area contributed by atoms with Crippen molar-refractivity contribution in [3.05, 3.63) is 187 Å². The van der Waals surface area contributed by atoms with E-state index in [1.165, 1.54) is 32.4 Å². The first-order valence-electron chi connectivity index (χ1n) is 29.2. The van der Waals surface area contributed by atoms with Gasteiger partial charge in [0, 0.05) is 56.0 Å². The highest BCUT2D eigenvalue weighted by Crippen LogP contribution is 2.34. The first-order valence-corrected chi connectivity index (χ1v) is 29.2. The Kier molecular flexibility index (Phi) is 39.5. The molecule has 2 unspecified atom stereocenters. The van der Waals surface area contributed by atoms with Crippen LogP contribution >= 0.6 is 27.0 Å². The molecule has 0 aliphatic heterocycles. The van der Waals surface area contributed by atoms with E-state index < -0.39 is 18.1 Å². The van der Waals surface area contributed by atoms with Crippen LogP contribution in [-0.2, 0) is 41.5 Å². The molecule has 0 bridgehead atoms. The third-order valence-corrected chi connectivity index (χ3v) is 14.5. The van der Waals surface area contributed by atoms with E-state index in [0.717, 1.165) is 64.9 Å². The van der Waals surface area contributed by atoms with E-state index in [4.69, 9.17) is 15.2 Å². The van der Waals surface area contributed by atoms with Crippen LogP contribution in [0.3, 0.4) is 0 Å². The molecule has 0 aliphatic rings. The Morgan fingerprint density at radius 1 is 0.534 bits per heavy atom. The lowest BCUT2D eigenvalue weighted by molar-refractivity contribution is -0.144. The second kappa shape index (κ2) is 41.6. The molecule has 14 nitrogen and oxygen atoms in total. The van der Waals surface area contributed by atoms with Crippen molar-refractivity contribution < 1.29 is 33.8 Å². The molecule has 2 heterocycles. The van der Waals surface area contributed by atoms with Gasteiger partial charge in [-0.05, 0) is 192 Å². The van der Waals surface area contributed by atoms with Crippen molar-refractivity contribution in [3.63, 3.8) is 0 Å². The molecule has 0 radical (unpaired) electrons. The molecule has 0 saturated carbocycles. The molecule has 0 spiro atoms. The minimum absolute atomic E-state index is 0. The Bertz CT molecular complexity index is 3170. The SMILES string of the molecule is C.C.C.CC(C)CC(C(=O)O)n1ccc(CCN(C)C)cc1=O.CCOC(=O)C[C@H](CC(=O)C(CC(C)C)n1ccc(CCN(C)C)cc1=O)c1cccc(-c2c(C)cccc2C)c1.CCOC(=O)C[C@H](N)c1cccc(-c2c(C)cccc2C)c1.S.S. The number of rotatable bonds is 26. The summed E-state index contributed by atoms with van der Waals surface area (Å²) in [6.45, 7) is 22.4. The number of esters is 2. The van der Waals surface area contributed by atoms with Crippen molar-refractivity contribution in [2.75, 3.05) is 54.5 Å². The zero-order valence-electron chi connectivity index (χ0n) is 52.9. The van der Waals surface area contributed by atoms with Crippen LogP contribution in [0.5, 0.6) is 0 Å². The fourth-order valence-corrected chi connectivity index (χ4v) is 10.3. The molecular formula is C72H109N5O9S2. The van der Waals surface area contributed by atoms with Gasteiger partial charge in [-0.2, -0.15) is 27.0 Å². The number of carboxylic acid groups (broad SMARTS) is 1. The van der Waals surface area contributed by atoms with E-state index in [-0.39, 0.29) is 128 Å². The average molecular weight is 1250 g/mol. The summed E-state index contributed by atoms with van der Waals surface area (Å²) in [6.07, 6.45) is 6.36. The number of ketones is 1. The molecule has 0 aliphatic carbocycles. The number of likely N-dealkylation sites (N-methyl/N-ethyl adjacent to an activating group) is 2. The zero-order chi connectivity index (χ0) is 61.5. The van der Waals surface area contributed by atoms with E-state index in [0.29, 0.717) is 19.4 Å². The van der Waals surface area contributed by atoms with Crippen LogP contribution in [0.1, 0.15) is 164 Å². The van der Waals surface area contributed by atoms with Crippen molar-refractivity contribution in [1.29, 1.82) is 0 Å². The standard InChI is InChI=1S/C35H46N2O4.C19H23NO2.C15H24N2O3.3CH4.2H2S/c1-8-41-34(40)23-30(28-13-10-14-29(21-28)35-25(4)11-9-12-26(35)5)22-32(38)31(19-24(2)3)37-18-16-27(20-33(37)39)15-17-36(6)7;1-4-22-18(21)12-17(20)15-9-6-10-16(11-15)19-13(2)7-5-8-14(19)3;1-11(2)9-13(15(19)20)17-8-6-12(10-14(17)18)5-7-16(3)4;;;;;/h9-14,16,18,20-21,24,30-31H,8,15,17,19,22-23H2,1-7H3;5-11,17H,4,12,20H2,1-3H3;6,8,10-11,13H,5,7,9H2,1-4H3,(H,19,20);3*1H4;2*1H2/t30-,31?;17-;;;;;;/m00....../s1. The number of nitrogens with zero attached hydrogens (tertiary/aromatic N) is 4. The molecule has 488 valence electrons. The van der Waals surface area contributed by atoms with Gasteiger partial charge >= 0.3 is 17.9 Å². The summed E-state index contributed by atoms with van der Waals surface area (Å²) in [5.74, 6) is -1.53. The molecule has 6 rings (SSSR count). The molecule has 88 heavy (non-hydrogen) atoms. The number of pyridine rings is 2. The van der Waals surface area contributed by atoms with Crippen LogP contribution in [0.15, 0.2) is 131 Å². The third kappa shape index (κ3) is 26.6. The van der Waals surface area contributed by atoms with Crippen molar-refractivity contribution in [2.45, 2.75) is 161 Å². The molecule has 4 atom stereocenters. The number of hydrogen-bond donors (Lipinski definition) is 2. The number of aliphatic carboxylic acids is 1. The van der Waals surface area contributed by atoms with E-state index in [1.54, 1.807) is 42.9 Å². The molecule has 6 aromatic rings. The molecular weight excluding hydrogens is 1140 g/mol. The third-order valence-electron chi connectivity index (χ3n) is 14.5. The Morgan fingerprint density at radius 3 is 1.30 bits per heavy atom. The van der Waals surface area contributed by atoms with Gasteiger partial charge in [-0.1, -0.05) is 129 Å². The predicted molar refractivity (Wildman–Crippen MR) is 376 cm³/mol. The van der Waals surface area contributed by atoms with Gasteiger partial charge in [0.2, 0.25) is 0 Å². The second-order valence-corrected chi connectivity index (χ2v) is 23.1. The normalized spacial score (nSPS) is 11.9. The molecule has 16 heteroatoms. The van der Waals surface area contributed by atoms with Gasteiger partial charge in [-0.15, -0.1) is 0 Å². The number of ether oxygens (including phenoxy) is 2. The molecule has 0 fully saturated rings. The van der Waals surface area contributed by atoms with E-state index in [1.807, 2.05) is 89.4 Å².